The highest BCUT2D eigenvalue weighted by Gasteiger charge is 2.13. The van der Waals surface area contributed by atoms with Crippen molar-refractivity contribution in [1.29, 1.82) is 0 Å². The molecular weight excluding hydrogens is 332 g/mol. The molecule has 1 aliphatic heterocycles. The van der Waals surface area contributed by atoms with Crippen molar-refractivity contribution < 1.29 is 5.11 Å². The molecule has 0 aliphatic carbocycles. The summed E-state index contributed by atoms with van der Waals surface area (Å²) in [5, 5.41) is 10.3. The SMILES string of the molecule is Cc1ccc(C(O)C#Cc2ccc(-c3cn4c(n3)CCCC4)cc2)cc1C. The van der Waals surface area contributed by atoms with E-state index in [1.54, 1.807) is 0 Å². The first-order valence-corrected chi connectivity index (χ1v) is 9.53. The molecule has 1 unspecified atom stereocenters. The average Bonchev–Trinajstić information content (AvgIpc) is 3.13. The van der Waals surface area contributed by atoms with E-state index in [2.05, 4.69) is 41.7 Å². The van der Waals surface area contributed by atoms with Gasteiger partial charge in [0, 0.05) is 30.3 Å². The first-order chi connectivity index (χ1) is 13.1. The fourth-order valence-corrected chi connectivity index (χ4v) is 3.45. The van der Waals surface area contributed by atoms with Gasteiger partial charge in [0.25, 0.3) is 0 Å². The molecule has 4 rings (SSSR count). The van der Waals surface area contributed by atoms with E-state index < -0.39 is 6.10 Å². The Hall–Kier alpha value is -2.83. The van der Waals surface area contributed by atoms with E-state index in [1.807, 2.05) is 37.3 Å². The van der Waals surface area contributed by atoms with Gasteiger partial charge in [0.1, 0.15) is 11.9 Å². The molecule has 0 radical (unpaired) electrons. The molecule has 2 aromatic carbocycles. The Bertz CT molecular complexity index is 995. The summed E-state index contributed by atoms with van der Waals surface area (Å²) >= 11 is 0. The molecule has 3 nitrogen and oxygen atoms in total. The standard InChI is InChI=1S/C24H24N2O/c1-17-6-10-21(15-18(17)2)23(27)13-9-19-7-11-20(12-8-19)22-16-26-14-4-3-5-24(26)25-22/h6-8,10-12,15-16,23,27H,3-5,14H2,1-2H3. The number of nitrogens with zero attached hydrogens (tertiary/aromatic N) is 2. The number of hydrogen-bond acceptors (Lipinski definition) is 2. The van der Waals surface area contributed by atoms with Gasteiger partial charge in [-0.2, -0.15) is 0 Å². The topological polar surface area (TPSA) is 38.0 Å². The van der Waals surface area contributed by atoms with Crippen molar-refractivity contribution in [3.8, 4) is 23.1 Å². The molecule has 1 atom stereocenters. The molecule has 0 fully saturated rings. The molecule has 0 saturated heterocycles. The van der Waals surface area contributed by atoms with Crippen LogP contribution >= 0.6 is 0 Å². The van der Waals surface area contributed by atoms with E-state index in [0.29, 0.717) is 0 Å². The maximum Gasteiger partial charge on any atom is 0.140 e. The number of aryl methyl sites for hydroxylation is 4. The van der Waals surface area contributed by atoms with Crippen LogP contribution in [0.4, 0.5) is 0 Å². The summed E-state index contributed by atoms with van der Waals surface area (Å²) in [6.07, 6.45) is 4.91. The van der Waals surface area contributed by atoms with Gasteiger partial charge in [0.05, 0.1) is 5.69 Å². The van der Waals surface area contributed by atoms with Gasteiger partial charge in [-0.3, -0.25) is 0 Å². The summed E-state index contributed by atoms with van der Waals surface area (Å²) in [6, 6.07) is 14.1. The molecule has 27 heavy (non-hydrogen) atoms. The Morgan fingerprint density at radius 3 is 2.59 bits per heavy atom. The summed E-state index contributed by atoms with van der Waals surface area (Å²) in [7, 11) is 0. The van der Waals surface area contributed by atoms with Gasteiger partial charge in [-0.15, -0.1) is 0 Å². The van der Waals surface area contributed by atoms with Gasteiger partial charge < -0.3 is 9.67 Å². The number of aliphatic hydroxyl groups excluding tert-OH is 1. The van der Waals surface area contributed by atoms with Gasteiger partial charge in [-0.05, 0) is 55.5 Å². The molecule has 0 amide bonds. The van der Waals surface area contributed by atoms with E-state index in [4.69, 9.17) is 4.98 Å². The lowest BCUT2D eigenvalue weighted by Crippen LogP contribution is -2.08. The van der Waals surface area contributed by atoms with E-state index in [-0.39, 0.29) is 0 Å². The zero-order valence-electron chi connectivity index (χ0n) is 15.9. The van der Waals surface area contributed by atoms with Crippen LogP contribution in [0.3, 0.4) is 0 Å². The van der Waals surface area contributed by atoms with Gasteiger partial charge >= 0.3 is 0 Å². The largest absolute Gasteiger partial charge is 0.376 e. The Kier molecular flexibility index (Phi) is 4.83. The lowest BCUT2D eigenvalue weighted by molar-refractivity contribution is 0.238. The Morgan fingerprint density at radius 2 is 1.85 bits per heavy atom. The number of benzene rings is 2. The Labute approximate surface area is 160 Å². The third-order valence-electron chi connectivity index (χ3n) is 5.29. The predicted octanol–water partition coefficient (Wildman–Crippen LogP) is 4.59. The minimum Gasteiger partial charge on any atom is -0.376 e. The lowest BCUT2D eigenvalue weighted by atomic mass is 10.0. The first kappa shape index (κ1) is 17.6. The van der Waals surface area contributed by atoms with Gasteiger partial charge in [0.2, 0.25) is 0 Å². The number of fused-ring (bicyclic) bond motifs is 1. The molecule has 0 bridgehead atoms. The predicted molar refractivity (Wildman–Crippen MR) is 108 cm³/mol. The Morgan fingerprint density at radius 1 is 1.04 bits per heavy atom. The number of aromatic nitrogens is 2. The number of hydrogen-bond donors (Lipinski definition) is 1. The summed E-state index contributed by atoms with van der Waals surface area (Å²) in [5.74, 6) is 7.22. The zero-order chi connectivity index (χ0) is 18.8. The molecule has 2 heterocycles. The molecular formula is C24H24N2O. The quantitative estimate of drug-likeness (QED) is 0.682. The van der Waals surface area contributed by atoms with Crippen molar-refractivity contribution in [3.63, 3.8) is 0 Å². The molecule has 1 aliphatic rings. The van der Waals surface area contributed by atoms with Crippen molar-refractivity contribution in [2.45, 2.75) is 45.8 Å². The number of aliphatic hydroxyl groups is 1. The smallest absolute Gasteiger partial charge is 0.140 e. The molecule has 1 aromatic heterocycles. The highest BCUT2D eigenvalue weighted by atomic mass is 16.3. The van der Waals surface area contributed by atoms with E-state index in [9.17, 15) is 5.11 Å². The molecule has 3 heteroatoms. The highest BCUT2D eigenvalue weighted by molar-refractivity contribution is 5.60. The fraction of sp³-hybridized carbons (Fsp3) is 0.292. The summed E-state index contributed by atoms with van der Waals surface area (Å²) < 4.78 is 2.27. The Balaban J connectivity index is 1.50. The molecule has 0 spiro atoms. The van der Waals surface area contributed by atoms with E-state index in [0.717, 1.165) is 35.3 Å². The van der Waals surface area contributed by atoms with Crippen LogP contribution in [0.25, 0.3) is 11.3 Å². The van der Waals surface area contributed by atoms with Gasteiger partial charge in [-0.25, -0.2) is 4.98 Å². The first-order valence-electron chi connectivity index (χ1n) is 9.53. The van der Waals surface area contributed by atoms with Crippen LogP contribution < -0.4 is 0 Å². The summed E-state index contributed by atoms with van der Waals surface area (Å²) in [5.41, 5.74) is 6.26. The minimum absolute atomic E-state index is 0.774. The van der Waals surface area contributed by atoms with Crippen molar-refractivity contribution in [2.75, 3.05) is 0 Å². The van der Waals surface area contributed by atoms with E-state index >= 15 is 0 Å². The van der Waals surface area contributed by atoms with Crippen molar-refractivity contribution in [1.82, 2.24) is 9.55 Å². The number of imidazole rings is 1. The number of rotatable bonds is 2. The summed E-state index contributed by atoms with van der Waals surface area (Å²) in [6.45, 7) is 5.18. The summed E-state index contributed by atoms with van der Waals surface area (Å²) in [4.78, 5) is 4.77. The van der Waals surface area contributed by atoms with Crippen LogP contribution in [-0.2, 0) is 13.0 Å². The zero-order valence-corrected chi connectivity index (χ0v) is 15.9. The van der Waals surface area contributed by atoms with Crippen LogP contribution in [0.15, 0.2) is 48.7 Å². The normalized spacial score (nSPS) is 14.2. The second-order valence-corrected chi connectivity index (χ2v) is 7.29. The van der Waals surface area contributed by atoms with Crippen LogP contribution in [0.2, 0.25) is 0 Å². The maximum absolute atomic E-state index is 10.3. The van der Waals surface area contributed by atoms with Crippen molar-refractivity contribution in [2.24, 2.45) is 0 Å². The second kappa shape index (κ2) is 7.42. The highest BCUT2D eigenvalue weighted by Crippen LogP contribution is 2.23. The van der Waals surface area contributed by atoms with Crippen LogP contribution in [0, 0.1) is 25.7 Å². The van der Waals surface area contributed by atoms with Crippen LogP contribution in [0.1, 0.15) is 47.0 Å². The average molecular weight is 356 g/mol. The van der Waals surface area contributed by atoms with E-state index in [1.165, 1.54) is 29.8 Å². The minimum atomic E-state index is -0.774. The molecule has 136 valence electrons. The van der Waals surface area contributed by atoms with Crippen molar-refractivity contribution in [3.05, 3.63) is 76.7 Å². The lowest BCUT2D eigenvalue weighted by Gasteiger charge is -2.11. The maximum atomic E-state index is 10.3. The third-order valence-corrected chi connectivity index (χ3v) is 5.29. The monoisotopic (exact) mass is 356 g/mol. The molecule has 0 saturated carbocycles. The molecule has 3 aromatic rings. The third kappa shape index (κ3) is 3.82. The molecule has 1 N–H and O–H groups in total. The van der Waals surface area contributed by atoms with Crippen molar-refractivity contribution >= 4 is 0 Å². The van der Waals surface area contributed by atoms with Gasteiger partial charge in [-0.1, -0.05) is 42.2 Å². The fourth-order valence-electron chi connectivity index (χ4n) is 3.45. The van der Waals surface area contributed by atoms with Crippen LogP contribution in [0.5, 0.6) is 0 Å². The van der Waals surface area contributed by atoms with Crippen LogP contribution in [-0.4, -0.2) is 14.7 Å². The second-order valence-electron chi connectivity index (χ2n) is 7.29. The van der Waals surface area contributed by atoms with Gasteiger partial charge in [0.15, 0.2) is 0 Å².